The molecule has 12 heavy (non-hydrogen) atoms. The van der Waals surface area contributed by atoms with Gasteiger partial charge in [-0.2, -0.15) is 0 Å². The topological polar surface area (TPSA) is 82.1 Å². The maximum atomic E-state index is 10.6. The lowest BCUT2D eigenvalue weighted by molar-refractivity contribution is -0.0243. The van der Waals surface area contributed by atoms with Crippen LogP contribution in [0.2, 0.25) is 0 Å². The maximum Gasteiger partial charge on any atom is 0.750 e. The van der Waals surface area contributed by atoms with Crippen molar-refractivity contribution in [3.8, 4) is 0 Å². The molecule has 0 amide bonds. The largest absolute Gasteiger partial charge is 0.750 e. The molecule has 1 heterocycles. The van der Waals surface area contributed by atoms with Crippen molar-refractivity contribution in [2.24, 2.45) is 0 Å². The summed E-state index contributed by atoms with van der Waals surface area (Å²) < 4.78 is 34.7. The number of aliphatic hydroxyl groups is 1. The third kappa shape index (κ3) is 3.19. The molecule has 1 saturated heterocycles. The van der Waals surface area contributed by atoms with E-state index in [1.807, 2.05) is 0 Å². The molecule has 0 aromatic heterocycles. The highest BCUT2D eigenvalue weighted by Crippen LogP contribution is 2.47. The monoisotopic (exact) mass is 214 g/mol. The fourth-order valence-corrected chi connectivity index (χ4v) is 2.16. The lowest BCUT2D eigenvalue weighted by Crippen LogP contribution is -2.14. The van der Waals surface area contributed by atoms with E-state index in [2.05, 4.69) is 13.4 Å². The van der Waals surface area contributed by atoms with E-state index in [1.54, 1.807) is 0 Å². The van der Waals surface area contributed by atoms with Gasteiger partial charge in [0.15, 0.2) is 4.31 Å². The fourth-order valence-electron chi connectivity index (χ4n) is 0.668. The molecule has 2 unspecified atom stereocenters. The van der Waals surface area contributed by atoms with Gasteiger partial charge in [0.2, 0.25) is 0 Å². The third-order valence-electron chi connectivity index (χ3n) is 1.14. The molecular weight excluding hydrogens is 206 g/mol. The molecule has 0 aliphatic carbocycles. The van der Waals surface area contributed by atoms with Crippen molar-refractivity contribution in [2.75, 3.05) is 6.61 Å². The van der Waals surface area contributed by atoms with Gasteiger partial charge in [0.25, 0.3) is 6.29 Å². The Morgan fingerprint density at radius 2 is 1.83 bits per heavy atom. The predicted molar refractivity (Wildman–Crippen MR) is 38.6 cm³/mol. The van der Waals surface area contributed by atoms with Gasteiger partial charge in [-0.1, -0.05) is 9.05 Å². The number of hydrogen-bond acceptors (Lipinski definition) is 6. The van der Waals surface area contributed by atoms with E-state index >= 15 is 0 Å². The lowest BCUT2D eigenvalue weighted by Gasteiger charge is -2.02. The van der Waals surface area contributed by atoms with Crippen LogP contribution in [0.25, 0.3) is 0 Å². The molecule has 0 aromatic carbocycles. The number of rotatable bonds is 3. The molecule has 2 atom stereocenters. The van der Waals surface area contributed by atoms with Crippen LogP contribution in [0.15, 0.2) is 0 Å². The molecule has 6 nitrogen and oxygen atoms in total. The van der Waals surface area contributed by atoms with Crippen molar-refractivity contribution in [3.05, 3.63) is 0 Å². The third-order valence-corrected chi connectivity index (χ3v) is 3.02. The van der Waals surface area contributed by atoms with Crippen molar-refractivity contribution in [2.45, 2.75) is 19.1 Å². The standard InChI is InChI=1S/C4H8O6P2/c5-3-1-2-4-8-11(6)10-12(7)9-4/h4-5H,1-3H2/q+2. The molecule has 0 radical (unpaired) electrons. The Morgan fingerprint density at radius 3 is 2.33 bits per heavy atom. The molecule has 0 saturated carbocycles. The van der Waals surface area contributed by atoms with Gasteiger partial charge in [0.1, 0.15) is 0 Å². The second-order valence-corrected chi connectivity index (χ2v) is 4.00. The number of hydrogen-bond donors (Lipinski definition) is 1. The van der Waals surface area contributed by atoms with Crippen molar-refractivity contribution in [3.63, 3.8) is 0 Å². The van der Waals surface area contributed by atoms with Gasteiger partial charge < -0.3 is 5.11 Å². The van der Waals surface area contributed by atoms with E-state index < -0.39 is 22.8 Å². The average Bonchev–Trinajstić information content (AvgIpc) is 1.99. The Hall–Kier alpha value is 0.0400. The van der Waals surface area contributed by atoms with Gasteiger partial charge in [-0.05, 0) is 6.42 Å². The first-order valence-corrected chi connectivity index (χ1v) is 5.48. The summed E-state index contributed by atoms with van der Waals surface area (Å²) >= 11 is 0. The summed E-state index contributed by atoms with van der Waals surface area (Å²) in [7, 11) is -4.65. The van der Waals surface area contributed by atoms with Gasteiger partial charge in [0, 0.05) is 22.2 Å². The van der Waals surface area contributed by atoms with Crippen LogP contribution in [0.1, 0.15) is 12.8 Å². The van der Waals surface area contributed by atoms with Crippen LogP contribution in [-0.4, -0.2) is 18.0 Å². The molecule has 0 aromatic rings. The normalized spacial score (nSPS) is 30.6. The second-order valence-electron chi connectivity index (χ2n) is 2.04. The predicted octanol–water partition coefficient (Wildman–Crippen LogP) is 1.46. The highest BCUT2D eigenvalue weighted by atomic mass is 31.2. The molecule has 8 heteroatoms. The first-order valence-electron chi connectivity index (χ1n) is 3.29. The Balaban J connectivity index is 2.34. The van der Waals surface area contributed by atoms with Crippen LogP contribution in [0, 0.1) is 0 Å². The summed E-state index contributed by atoms with van der Waals surface area (Å²) in [5, 5.41) is 8.44. The minimum Gasteiger partial charge on any atom is -0.396 e. The first-order chi connectivity index (χ1) is 5.72. The molecule has 1 aliphatic rings. The minimum absolute atomic E-state index is 0.0162. The molecule has 1 N–H and O–H groups in total. The van der Waals surface area contributed by atoms with E-state index in [9.17, 15) is 9.13 Å². The zero-order valence-electron chi connectivity index (χ0n) is 6.08. The highest BCUT2D eigenvalue weighted by molar-refractivity contribution is 7.48. The lowest BCUT2D eigenvalue weighted by atomic mass is 10.3. The van der Waals surface area contributed by atoms with Gasteiger partial charge in [0.05, 0.1) is 0 Å². The zero-order chi connectivity index (χ0) is 8.97. The molecule has 0 bridgehead atoms. The molecular formula is C4H8O6P2+2. The Kier molecular flexibility index (Phi) is 4.15. The van der Waals surface area contributed by atoms with E-state index in [-0.39, 0.29) is 6.61 Å². The molecule has 1 rings (SSSR count). The SMILES string of the molecule is O=[P+]1OC(CCCO)O[P+](=O)O1. The van der Waals surface area contributed by atoms with E-state index in [1.165, 1.54) is 0 Å². The minimum atomic E-state index is -2.33. The summed E-state index contributed by atoms with van der Waals surface area (Å²) in [5.74, 6) is 0. The smallest absolute Gasteiger partial charge is 0.396 e. The molecule has 1 fully saturated rings. The highest BCUT2D eigenvalue weighted by Gasteiger charge is 2.51. The Bertz CT molecular complexity index is 178. The summed E-state index contributed by atoms with van der Waals surface area (Å²) in [6.07, 6.45) is -0.00271. The molecule has 0 spiro atoms. The zero-order valence-corrected chi connectivity index (χ0v) is 7.87. The van der Waals surface area contributed by atoms with Crippen LogP contribution < -0.4 is 0 Å². The summed E-state index contributed by atoms with van der Waals surface area (Å²) in [5.41, 5.74) is 0. The van der Waals surface area contributed by atoms with Crippen molar-refractivity contribution < 1.29 is 27.6 Å². The van der Waals surface area contributed by atoms with Crippen molar-refractivity contribution in [1.82, 2.24) is 0 Å². The van der Waals surface area contributed by atoms with Crippen LogP contribution >= 0.6 is 16.5 Å². The molecule has 1 aliphatic heterocycles. The first kappa shape index (κ1) is 10.1. The van der Waals surface area contributed by atoms with Crippen LogP contribution in [-0.2, 0) is 22.5 Å². The van der Waals surface area contributed by atoms with Gasteiger partial charge in [-0.25, -0.2) is 0 Å². The molecule has 68 valence electrons. The van der Waals surface area contributed by atoms with Crippen LogP contribution in [0.5, 0.6) is 0 Å². The van der Waals surface area contributed by atoms with E-state index in [0.29, 0.717) is 12.8 Å². The average molecular weight is 214 g/mol. The summed E-state index contributed by atoms with van der Waals surface area (Å²) in [6, 6.07) is 0. The van der Waals surface area contributed by atoms with Crippen molar-refractivity contribution >= 4 is 16.5 Å². The summed E-state index contributed by atoms with van der Waals surface area (Å²) in [4.78, 5) is 0. The quantitative estimate of drug-likeness (QED) is 0.716. The Labute approximate surface area is 70.7 Å². The van der Waals surface area contributed by atoms with Crippen LogP contribution in [0.3, 0.4) is 0 Å². The van der Waals surface area contributed by atoms with Gasteiger partial charge in [-0.3, -0.25) is 0 Å². The van der Waals surface area contributed by atoms with Gasteiger partial charge in [-0.15, -0.1) is 0 Å². The fraction of sp³-hybridized carbons (Fsp3) is 1.00. The van der Waals surface area contributed by atoms with E-state index in [0.717, 1.165) is 0 Å². The van der Waals surface area contributed by atoms with E-state index in [4.69, 9.17) is 5.11 Å². The second kappa shape index (κ2) is 4.92. The maximum absolute atomic E-state index is 10.6. The summed E-state index contributed by atoms with van der Waals surface area (Å²) in [6.45, 7) is -0.0162. The number of aliphatic hydroxyl groups excluding tert-OH is 1. The van der Waals surface area contributed by atoms with Crippen LogP contribution in [0.4, 0.5) is 0 Å². The van der Waals surface area contributed by atoms with Gasteiger partial charge >= 0.3 is 16.5 Å². The Morgan fingerprint density at radius 1 is 1.25 bits per heavy atom. The van der Waals surface area contributed by atoms with Crippen molar-refractivity contribution in [1.29, 1.82) is 0 Å².